The summed E-state index contributed by atoms with van der Waals surface area (Å²) in [6, 6.07) is 17.9. The van der Waals surface area contributed by atoms with E-state index in [2.05, 4.69) is 10.0 Å². The average molecular weight is 667 g/mol. The smallest absolute Gasteiger partial charge is 0.323 e. The van der Waals surface area contributed by atoms with Gasteiger partial charge < -0.3 is 20.5 Å². The van der Waals surface area contributed by atoms with Gasteiger partial charge in [0.05, 0.1) is 25.8 Å². The minimum atomic E-state index is -4.19. The van der Waals surface area contributed by atoms with Crippen LogP contribution >= 0.6 is 24.0 Å². The third kappa shape index (κ3) is 8.00. The van der Waals surface area contributed by atoms with E-state index in [0.29, 0.717) is 11.1 Å². The number of anilines is 1. The fraction of sp³-hybridized carbons (Fsp3) is 0.222. The summed E-state index contributed by atoms with van der Waals surface area (Å²) >= 11 is 0. The standard InChI is InChI=1S/C27H30N4O6S.HI/c1-4-37-27(33)17(2)31-38(34,35)23-12-8-11-22(25(23)36-3)30-24(32)16-18-13-14-20(21(15-18)26(28)29)19-9-6-5-7-10-19;/h5-15,17,31H,4,16H2,1-3H3,(H3,28,29)(H,30,32);1H/t17-;/m0./s1. The van der Waals surface area contributed by atoms with E-state index in [1.807, 2.05) is 30.3 Å². The van der Waals surface area contributed by atoms with Gasteiger partial charge in [-0.25, -0.2) is 8.42 Å². The zero-order chi connectivity index (χ0) is 27.9. The molecule has 0 heterocycles. The molecule has 1 atom stereocenters. The lowest BCUT2D eigenvalue weighted by Crippen LogP contribution is -2.39. The average Bonchev–Trinajstić information content (AvgIpc) is 2.88. The molecular formula is C27H31IN4O6S. The lowest BCUT2D eigenvalue weighted by molar-refractivity contribution is -0.144. The van der Waals surface area contributed by atoms with Gasteiger partial charge in [-0.1, -0.05) is 48.5 Å². The molecule has 39 heavy (non-hydrogen) atoms. The molecule has 0 aliphatic rings. The van der Waals surface area contributed by atoms with Crippen LogP contribution in [0.2, 0.25) is 0 Å². The molecule has 0 aliphatic carbocycles. The Bertz CT molecular complexity index is 1450. The van der Waals surface area contributed by atoms with Crippen molar-refractivity contribution in [1.82, 2.24) is 4.72 Å². The van der Waals surface area contributed by atoms with Gasteiger partial charge in [0.25, 0.3) is 0 Å². The lowest BCUT2D eigenvalue weighted by atomic mass is 9.96. The zero-order valence-corrected chi connectivity index (χ0v) is 24.8. The number of hydrogen-bond donors (Lipinski definition) is 4. The third-order valence-corrected chi connectivity index (χ3v) is 7.11. The van der Waals surface area contributed by atoms with Gasteiger partial charge in [0.15, 0.2) is 5.75 Å². The molecule has 3 aromatic carbocycles. The van der Waals surface area contributed by atoms with Crippen LogP contribution in [0, 0.1) is 5.41 Å². The Hall–Kier alpha value is -3.49. The molecule has 12 heteroatoms. The summed E-state index contributed by atoms with van der Waals surface area (Å²) in [5.74, 6) is -1.38. The van der Waals surface area contributed by atoms with Crippen LogP contribution in [0.3, 0.4) is 0 Å². The van der Waals surface area contributed by atoms with E-state index in [0.717, 1.165) is 11.1 Å². The van der Waals surface area contributed by atoms with Crippen molar-refractivity contribution in [3.05, 3.63) is 77.9 Å². The number of hydrogen-bond acceptors (Lipinski definition) is 7. The second kappa shape index (κ2) is 14.1. The highest BCUT2D eigenvalue weighted by atomic mass is 127. The van der Waals surface area contributed by atoms with E-state index in [9.17, 15) is 18.0 Å². The Morgan fingerprint density at radius 2 is 1.74 bits per heavy atom. The van der Waals surface area contributed by atoms with Crippen molar-refractivity contribution in [2.24, 2.45) is 5.73 Å². The first kappa shape index (κ1) is 31.7. The summed E-state index contributed by atoms with van der Waals surface area (Å²) in [6.07, 6.45) is -0.0619. The first-order valence-electron chi connectivity index (χ1n) is 11.8. The maximum atomic E-state index is 13.0. The number of halogens is 1. The van der Waals surface area contributed by atoms with Gasteiger partial charge in [-0.2, -0.15) is 4.72 Å². The SMILES string of the molecule is CCOC(=O)[C@H](C)NS(=O)(=O)c1cccc(NC(=O)Cc2ccc(-c3ccccc3)c(C(=N)N)c2)c1OC.I. The molecule has 0 aliphatic heterocycles. The molecule has 5 N–H and O–H groups in total. The number of nitrogen functional groups attached to an aromatic ring is 1. The van der Waals surface area contributed by atoms with Crippen molar-refractivity contribution in [3.8, 4) is 16.9 Å². The Morgan fingerprint density at radius 1 is 1.05 bits per heavy atom. The second-order valence-corrected chi connectivity index (χ2v) is 10.00. The minimum absolute atomic E-state index is 0. The number of sulfonamides is 1. The molecule has 0 bridgehead atoms. The molecule has 0 radical (unpaired) electrons. The number of rotatable bonds is 11. The topological polar surface area (TPSA) is 161 Å². The highest BCUT2D eigenvalue weighted by Crippen LogP contribution is 2.32. The van der Waals surface area contributed by atoms with Gasteiger partial charge in [0.2, 0.25) is 15.9 Å². The lowest BCUT2D eigenvalue weighted by Gasteiger charge is -2.17. The fourth-order valence-corrected chi connectivity index (χ4v) is 5.21. The number of esters is 1. The predicted molar refractivity (Wildman–Crippen MR) is 160 cm³/mol. The molecule has 1 amide bonds. The van der Waals surface area contributed by atoms with Crippen molar-refractivity contribution in [1.29, 1.82) is 5.41 Å². The summed E-state index contributed by atoms with van der Waals surface area (Å²) in [5, 5.41) is 10.7. The van der Waals surface area contributed by atoms with Gasteiger partial charge in [-0.15, -0.1) is 24.0 Å². The summed E-state index contributed by atoms with van der Waals surface area (Å²) in [4.78, 5) is 24.6. The van der Waals surface area contributed by atoms with Crippen LogP contribution in [0.15, 0.2) is 71.6 Å². The zero-order valence-electron chi connectivity index (χ0n) is 21.7. The molecule has 0 fully saturated rings. The Labute approximate surface area is 244 Å². The molecule has 0 aromatic heterocycles. The number of methoxy groups -OCH3 is 1. The Balaban J connectivity index is 0.00000533. The van der Waals surface area contributed by atoms with Crippen molar-refractivity contribution < 1.29 is 27.5 Å². The van der Waals surface area contributed by atoms with Gasteiger partial charge >= 0.3 is 5.97 Å². The number of para-hydroxylation sites is 1. The maximum Gasteiger partial charge on any atom is 0.323 e. The molecule has 3 rings (SSSR count). The van der Waals surface area contributed by atoms with Gasteiger partial charge in [0.1, 0.15) is 16.8 Å². The quantitative estimate of drug-likeness (QED) is 0.105. The third-order valence-electron chi connectivity index (χ3n) is 5.54. The number of ether oxygens (including phenoxy) is 2. The van der Waals surface area contributed by atoms with Crippen molar-refractivity contribution in [2.45, 2.75) is 31.2 Å². The largest absolute Gasteiger partial charge is 0.493 e. The van der Waals surface area contributed by atoms with Crippen molar-refractivity contribution in [3.63, 3.8) is 0 Å². The molecule has 0 saturated carbocycles. The summed E-state index contributed by atoms with van der Waals surface area (Å²) in [7, 11) is -2.92. The number of carbonyl (C=O) groups is 2. The van der Waals surface area contributed by atoms with Crippen LogP contribution in [0.1, 0.15) is 25.0 Å². The van der Waals surface area contributed by atoms with Crippen LogP contribution in [0.5, 0.6) is 5.75 Å². The van der Waals surface area contributed by atoms with Gasteiger partial charge in [0, 0.05) is 5.56 Å². The van der Waals surface area contributed by atoms with Crippen LogP contribution < -0.4 is 20.5 Å². The summed E-state index contributed by atoms with van der Waals surface area (Å²) in [6.45, 7) is 3.09. The van der Waals surface area contributed by atoms with Gasteiger partial charge in [-0.05, 0) is 48.7 Å². The second-order valence-electron chi connectivity index (χ2n) is 8.32. The van der Waals surface area contributed by atoms with Crippen LogP contribution in [-0.2, 0) is 30.8 Å². The number of amides is 1. The number of amidine groups is 1. The van der Waals surface area contributed by atoms with Crippen molar-refractivity contribution >= 4 is 57.4 Å². The molecular weight excluding hydrogens is 635 g/mol. The van der Waals surface area contributed by atoms with Crippen LogP contribution in [0.4, 0.5) is 5.69 Å². The van der Waals surface area contributed by atoms with Crippen LogP contribution in [0.25, 0.3) is 11.1 Å². The molecule has 10 nitrogen and oxygen atoms in total. The highest BCUT2D eigenvalue weighted by Gasteiger charge is 2.27. The van der Waals surface area contributed by atoms with E-state index < -0.39 is 27.9 Å². The molecule has 0 unspecified atom stereocenters. The Kier molecular flexibility index (Phi) is 11.4. The first-order chi connectivity index (χ1) is 18.1. The normalized spacial score (nSPS) is 11.6. The number of nitrogens with one attached hydrogen (secondary N) is 3. The molecule has 3 aromatic rings. The fourth-order valence-electron chi connectivity index (χ4n) is 3.82. The molecule has 0 spiro atoms. The molecule has 208 valence electrons. The summed E-state index contributed by atoms with van der Waals surface area (Å²) in [5.41, 5.74) is 8.72. The number of carbonyl (C=O) groups excluding carboxylic acids is 2. The monoisotopic (exact) mass is 666 g/mol. The summed E-state index contributed by atoms with van der Waals surface area (Å²) < 4.78 is 38.4. The maximum absolute atomic E-state index is 13.0. The number of benzene rings is 3. The molecule has 0 saturated heterocycles. The predicted octanol–water partition coefficient (Wildman–Crippen LogP) is 3.68. The Morgan fingerprint density at radius 3 is 2.36 bits per heavy atom. The van der Waals surface area contributed by atoms with E-state index in [1.54, 1.807) is 25.1 Å². The van der Waals surface area contributed by atoms with E-state index in [4.69, 9.17) is 20.6 Å². The van der Waals surface area contributed by atoms with E-state index in [1.165, 1.54) is 32.2 Å². The van der Waals surface area contributed by atoms with Gasteiger partial charge in [-0.3, -0.25) is 15.0 Å². The highest BCUT2D eigenvalue weighted by molar-refractivity contribution is 14.0. The van der Waals surface area contributed by atoms with E-state index >= 15 is 0 Å². The number of nitrogens with two attached hydrogens (primary N) is 1. The van der Waals surface area contributed by atoms with Crippen molar-refractivity contribution in [2.75, 3.05) is 19.0 Å². The van der Waals surface area contributed by atoms with E-state index in [-0.39, 0.29) is 59.2 Å². The first-order valence-corrected chi connectivity index (χ1v) is 13.2. The van der Waals surface area contributed by atoms with Crippen LogP contribution in [-0.4, -0.2) is 45.9 Å². The minimum Gasteiger partial charge on any atom is -0.493 e.